The molecule has 0 aliphatic heterocycles. The topological polar surface area (TPSA) is 71.1 Å². The SMILES string of the molecule is Cc1cccc(C(=O)N[C@H]2CCC[C@H](NC(=O)c3cccc(Cl)c3)C2)n1. The summed E-state index contributed by atoms with van der Waals surface area (Å²) in [4.78, 5) is 29.0. The number of amides is 2. The van der Waals surface area contributed by atoms with E-state index in [1.54, 1.807) is 30.3 Å². The van der Waals surface area contributed by atoms with Crippen molar-refractivity contribution in [2.45, 2.75) is 44.7 Å². The van der Waals surface area contributed by atoms with E-state index >= 15 is 0 Å². The summed E-state index contributed by atoms with van der Waals surface area (Å²) in [6.45, 7) is 1.86. The molecule has 1 aromatic carbocycles. The van der Waals surface area contributed by atoms with E-state index < -0.39 is 0 Å². The molecule has 6 heteroatoms. The zero-order valence-electron chi connectivity index (χ0n) is 14.7. The van der Waals surface area contributed by atoms with Crippen LogP contribution in [0.15, 0.2) is 42.5 Å². The molecule has 136 valence electrons. The molecule has 1 fully saturated rings. The lowest BCUT2D eigenvalue weighted by atomic mass is 9.90. The summed E-state index contributed by atoms with van der Waals surface area (Å²) < 4.78 is 0. The molecule has 2 N–H and O–H groups in total. The minimum absolute atomic E-state index is 0.0308. The largest absolute Gasteiger partial charge is 0.349 e. The second kappa shape index (κ2) is 8.32. The molecule has 2 amide bonds. The molecule has 26 heavy (non-hydrogen) atoms. The number of aryl methyl sites for hydroxylation is 1. The van der Waals surface area contributed by atoms with Crippen molar-refractivity contribution in [3.8, 4) is 0 Å². The number of benzene rings is 1. The van der Waals surface area contributed by atoms with Crippen LogP contribution in [0.3, 0.4) is 0 Å². The molecule has 5 nitrogen and oxygen atoms in total. The van der Waals surface area contributed by atoms with Gasteiger partial charge in [0.2, 0.25) is 0 Å². The number of halogens is 1. The van der Waals surface area contributed by atoms with Crippen molar-refractivity contribution in [2.24, 2.45) is 0 Å². The quantitative estimate of drug-likeness (QED) is 0.863. The van der Waals surface area contributed by atoms with Crippen LogP contribution in [0.5, 0.6) is 0 Å². The molecule has 1 aromatic heterocycles. The highest BCUT2D eigenvalue weighted by atomic mass is 35.5. The Morgan fingerprint density at radius 3 is 2.42 bits per heavy atom. The smallest absolute Gasteiger partial charge is 0.270 e. The van der Waals surface area contributed by atoms with Gasteiger partial charge in [-0.3, -0.25) is 9.59 Å². The maximum Gasteiger partial charge on any atom is 0.270 e. The van der Waals surface area contributed by atoms with E-state index in [1.807, 2.05) is 19.1 Å². The van der Waals surface area contributed by atoms with E-state index in [4.69, 9.17) is 11.6 Å². The fourth-order valence-corrected chi connectivity index (χ4v) is 3.47. The maximum atomic E-state index is 12.4. The summed E-state index contributed by atoms with van der Waals surface area (Å²) in [6.07, 6.45) is 3.47. The second-order valence-electron chi connectivity index (χ2n) is 6.68. The van der Waals surface area contributed by atoms with E-state index in [2.05, 4.69) is 15.6 Å². The van der Waals surface area contributed by atoms with Gasteiger partial charge in [-0.25, -0.2) is 4.98 Å². The molecule has 0 radical (unpaired) electrons. The predicted octanol–water partition coefficient (Wildman–Crippen LogP) is 3.51. The van der Waals surface area contributed by atoms with Gasteiger partial charge in [0, 0.05) is 28.4 Å². The average molecular weight is 372 g/mol. The summed E-state index contributed by atoms with van der Waals surface area (Å²) in [5.41, 5.74) is 1.79. The first-order valence-corrected chi connectivity index (χ1v) is 9.20. The summed E-state index contributed by atoms with van der Waals surface area (Å²) >= 11 is 5.95. The molecule has 1 aliphatic carbocycles. The van der Waals surface area contributed by atoms with Gasteiger partial charge in [-0.1, -0.05) is 23.7 Å². The molecule has 0 saturated heterocycles. The first-order valence-electron chi connectivity index (χ1n) is 8.82. The van der Waals surface area contributed by atoms with Crippen LogP contribution in [0.4, 0.5) is 0 Å². The van der Waals surface area contributed by atoms with Crippen molar-refractivity contribution in [1.29, 1.82) is 0 Å². The molecular weight excluding hydrogens is 350 g/mol. The maximum absolute atomic E-state index is 12.4. The van der Waals surface area contributed by atoms with Gasteiger partial charge >= 0.3 is 0 Å². The Balaban J connectivity index is 1.57. The molecule has 2 atom stereocenters. The number of pyridine rings is 1. The van der Waals surface area contributed by atoms with Crippen LogP contribution in [0.2, 0.25) is 5.02 Å². The van der Waals surface area contributed by atoms with E-state index in [1.165, 1.54) is 0 Å². The monoisotopic (exact) mass is 371 g/mol. The minimum Gasteiger partial charge on any atom is -0.349 e. The molecule has 0 unspecified atom stereocenters. The van der Waals surface area contributed by atoms with Crippen LogP contribution in [-0.4, -0.2) is 28.9 Å². The number of hydrogen-bond donors (Lipinski definition) is 2. The Hall–Kier alpha value is -2.40. The lowest BCUT2D eigenvalue weighted by molar-refractivity contribution is 0.0900. The Morgan fingerprint density at radius 1 is 1.04 bits per heavy atom. The van der Waals surface area contributed by atoms with Crippen LogP contribution < -0.4 is 10.6 Å². The molecule has 0 bridgehead atoms. The summed E-state index contributed by atoms with van der Waals surface area (Å²) in [7, 11) is 0. The number of rotatable bonds is 4. The summed E-state index contributed by atoms with van der Waals surface area (Å²) in [5, 5.41) is 6.63. The number of carbonyl (C=O) groups excluding carboxylic acids is 2. The third-order valence-electron chi connectivity index (χ3n) is 4.55. The Morgan fingerprint density at radius 2 is 1.73 bits per heavy atom. The van der Waals surface area contributed by atoms with E-state index in [0.29, 0.717) is 22.7 Å². The fourth-order valence-electron chi connectivity index (χ4n) is 3.28. The summed E-state index contributed by atoms with van der Waals surface area (Å²) in [6, 6.07) is 12.4. The number of aromatic nitrogens is 1. The highest BCUT2D eigenvalue weighted by molar-refractivity contribution is 6.30. The van der Waals surface area contributed by atoms with Gasteiger partial charge in [0.05, 0.1) is 0 Å². The first kappa shape index (κ1) is 18.4. The van der Waals surface area contributed by atoms with Crippen LogP contribution in [0.25, 0.3) is 0 Å². The molecular formula is C20H22ClN3O2. The standard InChI is InChI=1S/C20H22ClN3O2/c1-13-5-2-10-18(22-13)20(26)24-17-9-4-8-16(12-17)23-19(25)14-6-3-7-15(21)11-14/h2-3,5-7,10-11,16-17H,4,8-9,12H2,1H3,(H,23,25)(H,24,26)/t16-,17-/m0/s1. The second-order valence-corrected chi connectivity index (χ2v) is 7.12. The lowest BCUT2D eigenvalue weighted by Gasteiger charge is -2.30. The number of carbonyl (C=O) groups is 2. The molecule has 0 spiro atoms. The minimum atomic E-state index is -0.166. The molecule has 2 aromatic rings. The van der Waals surface area contributed by atoms with E-state index in [9.17, 15) is 9.59 Å². The highest BCUT2D eigenvalue weighted by Gasteiger charge is 2.25. The van der Waals surface area contributed by atoms with Gasteiger partial charge < -0.3 is 10.6 Å². The van der Waals surface area contributed by atoms with Crippen LogP contribution in [0.1, 0.15) is 52.2 Å². The number of nitrogens with zero attached hydrogens (tertiary/aromatic N) is 1. The Bertz CT molecular complexity index is 744. The van der Waals surface area contributed by atoms with Crippen molar-refractivity contribution in [3.63, 3.8) is 0 Å². The van der Waals surface area contributed by atoms with Crippen molar-refractivity contribution in [2.75, 3.05) is 0 Å². The van der Waals surface area contributed by atoms with Gasteiger partial charge in [-0.05, 0) is 62.9 Å². The Labute approximate surface area is 158 Å². The van der Waals surface area contributed by atoms with Gasteiger partial charge in [0.15, 0.2) is 0 Å². The zero-order chi connectivity index (χ0) is 18.5. The van der Waals surface area contributed by atoms with Crippen molar-refractivity contribution >= 4 is 23.4 Å². The van der Waals surface area contributed by atoms with Crippen molar-refractivity contribution in [3.05, 3.63) is 64.4 Å². The van der Waals surface area contributed by atoms with E-state index in [0.717, 1.165) is 25.0 Å². The molecule has 3 rings (SSSR count). The average Bonchev–Trinajstić information content (AvgIpc) is 2.62. The summed E-state index contributed by atoms with van der Waals surface area (Å²) in [5.74, 6) is -0.301. The molecule has 1 saturated carbocycles. The van der Waals surface area contributed by atoms with Crippen molar-refractivity contribution < 1.29 is 9.59 Å². The van der Waals surface area contributed by atoms with Crippen LogP contribution in [-0.2, 0) is 0 Å². The van der Waals surface area contributed by atoms with Gasteiger partial charge in [-0.15, -0.1) is 0 Å². The number of nitrogens with one attached hydrogen (secondary N) is 2. The first-order chi connectivity index (χ1) is 12.5. The normalized spacial score (nSPS) is 19.6. The number of hydrogen-bond acceptors (Lipinski definition) is 3. The lowest BCUT2D eigenvalue weighted by Crippen LogP contribution is -2.46. The molecule has 1 heterocycles. The zero-order valence-corrected chi connectivity index (χ0v) is 15.4. The predicted molar refractivity (Wildman–Crippen MR) is 101 cm³/mol. The Kier molecular flexibility index (Phi) is 5.89. The van der Waals surface area contributed by atoms with Gasteiger partial charge in [0.25, 0.3) is 11.8 Å². The molecule has 1 aliphatic rings. The van der Waals surface area contributed by atoms with Crippen LogP contribution >= 0.6 is 11.6 Å². The van der Waals surface area contributed by atoms with Crippen molar-refractivity contribution in [1.82, 2.24) is 15.6 Å². The van der Waals surface area contributed by atoms with E-state index in [-0.39, 0.29) is 23.9 Å². The third-order valence-corrected chi connectivity index (χ3v) is 4.79. The third kappa shape index (κ3) is 4.82. The fraction of sp³-hybridized carbons (Fsp3) is 0.350. The van der Waals surface area contributed by atoms with Gasteiger partial charge in [0.1, 0.15) is 5.69 Å². The van der Waals surface area contributed by atoms with Crippen LogP contribution in [0, 0.1) is 6.92 Å². The van der Waals surface area contributed by atoms with Gasteiger partial charge in [-0.2, -0.15) is 0 Å². The highest BCUT2D eigenvalue weighted by Crippen LogP contribution is 2.20.